The molecule has 1 N–H and O–H groups in total. The molecule has 12 nitrogen and oxygen atoms in total. The monoisotopic (exact) mass is 508 g/mol. The molecule has 0 spiro atoms. The summed E-state index contributed by atoms with van der Waals surface area (Å²) in [6.07, 6.45) is 3.05. The van der Waals surface area contributed by atoms with Crippen molar-refractivity contribution >= 4 is 18.2 Å². The molecule has 190 valence electrons. The van der Waals surface area contributed by atoms with Gasteiger partial charge in [-0.2, -0.15) is 20.0 Å². The molecule has 1 fully saturated rings. The highest BCUT2D eigenvalue weighted by Gasteiger charge is 2.34. The van der Waals surface area contributed by atoms with Gasteiger partial charge in [-0.3, -0.25) is 0 Å². The van der Waals surface area contributed by atoms with E-state index in [1.54, 1.807) is 24.1 Å². The van der Waals surface area contributed by atoms with E-state index in [0.29, 0.717) is 44.0 Å². The molecule has 0 radical (unpaired) electrons. The summed E-state index contributed by atoms with van der Waals surface area (Å²) in [7, 11) is 0. The third-order valence-electron chi connectivity index (χ3n) is 6.16. The van der Waals surface area contributed by atoms with Crippen LogP contribution < -0.4 is 4.90 Å². The quantitative estimate of drug-likeness (QED) is 0.562. The number of aryl methyl sites for hydroxylation is 1. The number of carbonyl (C=O) groups is 1. The molecule has 3 aromatic rings. The fraction of sp³-hybridized carbons (Fsp3) is 0.348. The Kier molecular flexibility index (Phi) is 6.45. The number of nitrogens with zero attached hydrogens (tertiary/aromatic N) is 10. The Balaban J connectivity index is 1.28. The zero-order chi connectivity index (χ0) is 26.1. The number of halogens is 2. The third-order valence-corrected chi connectivity index (χ3v) is 6.16. The number of hydrogen-bond acceptors (Lipinski definition) is 9. The van der Waals surface area contributed by atoms with E-state index in [9.17, 15) is 18.7 Å². The van der Waals surface area contributed by atoms with Crippen LogP contribution in [0, 0.1) is 29.9 Å². The first-order valence-corrected chi connectivity index (χ1v) is 11.5. The molecule has 1 atom stereocenters. The predicted molar refractivity (Wildman–Crippen MR) is 126 cm³/mol. The van der Waals surface area contributed by atoms with Crippen LogP contribution in [0.5, 0.6) is 0 Å². The summed E-state index contributed by atoms with van der Waals surface area (Å²) in [4.78, 5) is 29.2. The Hall–Kier alpha value is -4.51. The number of aromatic nitrogens is 5. The van der Waals surface area contributed by atoms with Crippen LogP contribution in [0.4, 0.5) is 19.5 Å². The number of aliphatic hydroxyl groups excluding tert-OH is 1. The molecule has 2 aromatic heterocycles. The summed E-state index contributed by atoms with van der Waals surface area (Å²) in [5.41, 5.74) is 0.677. The number of nitriles is 1. The zero-order valence-electron chi connectivity index (χ0n) is 19.8. The highest BCUT2D eigenvalue weighted by atomic mass is 19.1. The van der Waals surface area contributed by atoms with E-state index < -0.39 is 17.7 Å². The van der Waals surface area contributed by atoms with Crippen molar-refractivity contribution in [2.45, 2.75) is 26.0 Å². The van der Waals surface area contributed by atoms with Crippen LogP contribution in [0.1, 0.15) is 35.2 Å². The van der Waals surface area contributed by atoms with E-state index in [-0.39, 0.29) is 35.8 Å². The second-order valence-electron chi connectivity index (χ2n) is 8.52. The van der Waals surface area contributed by atoms with Gasteiger partial charge in [0.1, 0.15) is 18.2 Å². The SMILES string of the molecule is Cc1nc(CO)nn1-c1nc(N2CCN(C(=O)N3N=CC[C@H]3c3cc(F)cc(C#N)c3)CC2)ncc1F. The lowest BCUT2D eigenvalue weighted by atomic mass is 10.0. The average Bonchev–Trinajstić information content (AvgIpc) is 3.55. The van der Waals surface area contributed by atoms with Gasteiger partial charge in [0.05, 0.1) is 23.9 Å². The molecule has 1 saturated heterocycles. The van der Waals surface area contributed by atoms with Crippen LogP contribution in [0.3, 0.4) is 0 Å². The Morgan fingerprint density at radius 3 is 2.68 bits per heavy atom. The standard InChI is InChI=1S/C23H22F2N10O2/c1-14-29-20(13-36)31-34(14)21-18(25)12-27-22(30-21)32-4-6-33(7-5-32)23(37)35-19(2-3-28-35)16-8-15(11-26)9-17(24)10-16/h3,8-10,12,19,36H,2,4-7,13H2,1H3/t19-/m0/s1. The van der Waals surface area contributed by atoms with E-state index >= 15 is 0 Å². The van der Waals surface area contributed by atoms with Crippen LogP contribution in [0.15, 0.2) is 29.5 Å². The molecule has 0 saturated carbocycles. The molecule has 2 aliphatic heterocycles. The lowest BCUT2D eigenvalue weighted by Gasteiger charge is -2.37. The van der Waals surface area contributed by atoms with Gasteiger partial charge in [-0.15, -0.1) is 5.10 Å². The Morgan fingerprint density at radius 2 is 1.97 bits per heavy atom. The van der Waals surface area contributed by atoms with Crippen molar-refractivity contribution < 1.29 is 18.7 Å². The molecule has 4 heterocycles. The second-order valence-corrected chi connectivity index (χ2v) is 8.52. The largest absolute Gasteiger partial charge is 0.388 e. The first kappa shape index (κ1) is 24.2. The lowest BCUT2D eigenvalue weighted by molar-refractivity contribution is 0.139. The molecular weight excluding hydrogens is 486 g/mol. The van der Waals surface area contributed by atoms with Crippen molar-refractivity contribution in [3.63, 3.8) is 0 Å². The van der Waals surface area contributed by atoms with Crippen molar-refractivity contribution in [1.29, 1.82) is 5.26 Å². The summed E-state index contributed by atoms with van der Waals surface area (Å²) in [5, 5.41) is 28.0. The van der Waals surface area contributed by atoms with Gasteiger partial charge in [-0.1, -0.05) is 0 Å². The van der Waals surface area contributed by atoms with E-state index in [2.05, 4.69) is 25.2 Å². The van der Waals surface area contributed by atoms with Gasteiger partial charge < -0.3 is 14.9 Å². The summed E-state index contributed by atoms with van der Waals surface area (Å²) >= 11 is 0. The molecule has 0 unspecified atom stereocenters. The molecule has 5 rings (SSSR count). The number of anilines is 1. The fourth-order valence-corrected chi connectivity index (χ4v) is 4.35. The maximum absolute atomic E-state index is 14.5. The van der Waals surface area contributed by atoms with Gasteiger partial charge in [-0.05, 0) is 30.7 Å². The van der Waals surface area contributed by atoms with Gasteiger partial charge in [0.25, 0.3) is 0 Å². The van der Waals surface area contributed by atoms with E-state index in [0.717, 1.165) is 12.3 Å². The normalized spacial score (nSPS) is 17.4. The minimum Gasteiger partial charge on any atom is -0.388 e. The van der Waals surface area contributed by atoms with Crippen molar-refractivity contribution in [3.8, 4) is 11.9 Å². The highest BCUT2D eigenvalue weighted by molar-refractivity contribution is 5.78. The lowest BCUT2D eigenvalue weighted by Crippen LogP contribution is -2.52. The third kappa shape index (κ3) is 4.68. The molecule has 0 bridgehead atoms. The number of piperazine rings is 1. The minimum atomic E-state index is -0.690. The topological polar surface area (TPSA) is 140 Å². The number of urea groups is 1. The maximum atomic E-state index is 14.5. The number of benzene rings is 1. The number of rotatable bonds is 4. The number of hydrazone groups is 1. The van der Waals surface area contributed by atoms with E-state index in [4.69, 9.17) is 5.26 Å². The zero-order valence-corrected chi connectivity index (χ0v) is 19.8. The molecule has 1 aromatic carbocycles. The van der Waals surface area contributed by atoms with Crippen LogP contribution in [-0.4, -0.2) is 78.2 Å². The van der Waals surface area contributed by atoms with Crippen molar-refractivity contribution in [2.24, 2.45) is 5.10 Å². The number of carbonyl (C=O) groups excluding carboxylic acids is 1. The fourth-order valence-electron chi connectivity index (χ4n) is 4.35. The summed E-state index contributed by atoms with van der Waals surface area (Å²) < 4.78 is 29.7. The molecule has 14 heteroatoms. The number of hydrogen-bond donors (Lipinski definition) is 1. The van der Waals surface area contributed by atoms with E-state index in [1.807, 2.05) is 11.0 Å². The van der Waals surface area contributed by atoms with Gasteiger partial charge >= 0.3 is 6.03 Å². The molecule has 2 amide bonds. The molecule has 2 aliphatic rings. The van der Waals surface area contributed by atoms with Gasteiger partial charge in [-0.25, -0.2) is 28.6 Å². The van der Waals surface area contributed by atoms with Crippen LogP contribution in [0.25, 0.3) is 5.82 Å². The Labute approximate surface area is 210 Å². The summed E-state index contributed by atoms with van der Waals surface area (Å²) in [5.74, 6) is -0.545. The number of amides is 2. The Morgan fingerprint density at radius 1 is 1.19 bits per heavy atom. The number of aliphatic hydroxyl groups is 1. The molecule has 37 heavy (non-hydrogen) atoms. The van der Waals surface area contributed by atoms with Crippen LogP contribution in [-0.2, 0) is 6.61 Å². The van der Waals surface area contributed by atoms with Crippen LogP contribution in [0.2, 0.25) is 0 Å². The molecular formula is C23H22F2N10O2. The van der Waals surface area contributed by atoms with Gasteiger partial charge in [0, 0.05) is 38.8 Å². The second kappa shape index (κ2) is 9.86. The first-order chi connectivity index (χ1) is 17.9. The maximum Gasteiger partial charge on any atom is 0.341 e. The van der Waals surface area contributed by atoms with Gasteiger partial charge in [0.2, 0.25) is 5.95 Å². The Bertz CT molecular complexity index is 1410. The predicted octanol–water partition coefficient (Wildman–Crippen LogP) is 1.68. The summed E-state index contributed by atoms with van der Waals surface area (Å²) in [6.45, 7) is 2.67. The molecule has 0 aliphatic carbocycles. The van der Waals surface area contributed by atoms with Gasteiger partial charge in [0.15, 0.2) is 17.5 Å². The van der Waals surface area contributed by atoms with Crippen molar-refractivity contribution in [3.05, 3.63) is 58.8 Å². The smallest absolute Gasteiger partial charge is 0.341 e. The minimum absolute atomic E-state index is 0.0886. The van der Waals surface area contributed by atoms with Crippen LogP contribution >= 0.6 is 0 Å². The van der Waals surface area contributed by atoms with Crippen molar-refractivity contribution in [1.82, 2.24) is 34.6 Å². The highest BCUT2D eigenvalue weighted by Crippen LogP contribution is 2.30. The first-order valence-electron chi connectivity index (χ1n) is 11.5. The average molecular weight is 508 g/mol. The van der Waals surface area contributed by atoms with E-state index in [1.165, 1.54) is 15.8 Å². The van der Waals surface area contributed by atoms with Crippen molar-refractivity contribution in [2.75, 3.05) is 31.1 Å². The summed E-state index contributed by atoms with van der Waals surface area (Å²) in [6, 6.07) is 5.09.